The quantitative estimate of drug-likeness (QED) is 0.518. The molecule has 0 spiro atoms. The van der Waals surface area contributed by atoms with Gasteiger partial charge in [-0.1, -0.05) is 11.3 Å². The lowest BCUT2D eigenvalue weighted by atomic mass is 10.2. The third-order valence-electron chi connectivity index (χ3n) is 3.30. The van der Waals surface area contributed by atoms with E-state index in [1.807, 2.05) is 22.6 Å². The van der Waals surface area contributed by atoms with Crippen molar-refractivity contribution >= 4 is 67.0 Å². The summed E-state index contributed by atoms with van der Waals surface area (Å²) < 4.78 is 19.6. The maximum Gasteiger partial charge on any atom is 0.413 e. The molecule has 1 aromatic heterocycles. The second kappa shape index (κ2) is 7.96. The summed E-state index contributed by atoms with van der Waals surface area (Å²) in [5.41, 5.74) is 1.49. The number of benzene rings is 2. The number of fused-ring (bicyclic) bond motifs is 1. The van der Waals surface area contributed by atoms with E-state index in [2.05, 4.69) is 15.6 Å². The van der Waals surface area contributed by atoms with Gasteiger partial charge in [0.15, 0.2) is 5.13 Å². The van der Waals surface area contributed by atoms with Crippen molar-refractivity contribution in [3.63, 3.8) is 0 Å². The van der Waals surface area contributed by atoms with Crippen molar-refractivity contribution < 1.29 is 18.7 Å². The zero-order valence-corrected chi connectivity index (χ0v) is 16.5. The Morgan fingerprint density at radius 3 is 2.81 bits per heavy atom. The van der Waals surface area contributed by atoms with Crippen LogP contribution in [-0.4, -0.2) is 23.6 Å². The Hall–Kier alpha value is -2.27. The Bertz CT molecular complexity index is 993. The fourth-order valence-electron chi connectivity index (χ4n) is 2.18. The molecule has 0 atom stereocenters. The lowest BCUT2D eigenvalue weighted by molar-refractivity contribution is 0.102. The number of amides is 2. The molecule has 0 saturated heterocycles. The molecule has 6 nitrogen and oxygen atoms in total. The Labute approximate surface area is 165 Å². The SMILES string of the molecule is CCOC(=O)Nc1nc2ccc(NC(=O)c3cc(F)ccc3I)cc2s1. The van der Waals surface area contributed by atoms with Crippen LogP contribution in [0.2, 0.25) is 0 Å². The number of aromatic nitrogens is 1. The molecular weight excluding hydrogens is 472 g/mol. The number of hydrogen-bond acceptors (Lipinski definition) is 5. The minimum Gasteiger partial charge on any atom is -0.450 e. The van der Waals surface area contributed by atoms with E-state index in [1.165, 1.54) is 23.5 Å². The number of hydrogen-bond donors (Lipinski definition) is 2. The second-order valence-electron chi connectivity index (χ2n) is 5.13. The van der Waals surface area contributed by atoms with Crippen molar-refractivity contribution in [1.82, 2.24) is 4.98 Å². The molecule has 3 aromatic rings. The minimum atomic E-state index is -0.569. The van der Waals surface area contributed by atoms with Gasteiger partial charge in [-0.25, -0.2) is 14.2 Å². The number of carbonyl (C=O) groups excluding carboxylic acids is 2. The number of nitrogens with zero attached hydrogens (tertiary/aromatic N) is 1. The number of nitrogens with one attached hydrogen (secondary N) is 2. The summed E-state index contributed by atoms with van der Waals surface area (Å²) in [5.74, 6) is -0.870. The first-order valence-electron chi connectivity index (χ1n) is 7.57. The van der Waals surface area contributed by atoms with Gasteiger partial charge in [0.1, 0.15) is 5.82 Å². The molecule has 0 aliphatic rings. The minimum absolute atomic E-state index is 0.264. The molecule has 26 heavy (non-hydrogen) atoms. The molecule has 9 heteroatoms. The van der Waals surface area contributed by atoms with Gasteiger partial charge in [0, 0.05) is 9.26 Å². The van der Waals surface area contributed by atoms with Crippen LogP contribution in [0, 0.1) is 9.39 Å². The third kappa shape index (κ3) is 4.28. The number of carbonyl (C=O) groups is 2. The topological polar surface area (TPSA) is 80.3 Å². The van der Waals surface area contributed by atoms with E-state index >= 15 is 0 Å². The summed E-state index contributed by atoms with van der Waals surface area (Å²) in [5, 5.41) is 5.70. The largest absolute Gasteiger partial charge is 0.450 e. The van der Waals surface area contributed by atoms with Gasteiger partial charge in [-0.05, 0) is 65.9 Å². The number of anilines is 2. The predicted octanol–water partition coefficient (Wildman–Crippen LogP) is 4.86. The average Bonchev–Trinajstić information content (AvgIpc) is 2.98. The molecule has 0 bridgehead atoms. The van der Waals surface area contributed by atoms with Crippen LogP contribution >= 0.6 is 33.9 Å². The summed E-state index contributed by atoms with van der Waals surface area (Å²) in [6, 6.07) is 9.22. The van der Waals surface area contributed by atoms with E-state index in [-0.39, 0.29) is 12.2 Å². The molecule has 134 valence electrons. The molecule has 0 saturated carbocycles. The van der Waals surface area contributed by atoms with E-state index in [1.54, 1.807) is 31.2 Å². The molecule has 2 N–H and O–H groups in total. The van der Waals surface area contributed by atoms with Crippen molar-refractivity contribution in [1.29, 1.82) is 0 Å². The molecule has 0 aliphatic heterocycles. The Morgan fingerprint density at radius 2 is 2.04 bits per heavy atom. The summed E-state index contributed by atoms with van der Waals surface area (Å²) in [6.45, 7) is 1.98. The van der Waals surface area contributed by atoms with E-state index in [0.29, 0.717) is 19.9 Å². The summed E-state index contributed by atoms with van der Waals surface area (Å²) >= 11 is 3.24. The lowest BCUT2D eigenvalue weighted by Crippen LogP contribution is -2.13. The van der Waals surface area contributed by atoms with Crippen molar-refractivity contribution in [2.45, 2.75) is 6.92 Å². The molecule has 1 heterocycles. The van der Waals surface area contributed by atoms with Crippen LogP contribution in [0.3, 0.4) is 0 Å². The zero-order valence-electron chi connectivity index (χ0n) is 13.5. The van der Waals surface area contributed by atoms with Crippen molar-refractivity contribution in [2.75, 3.05) is 17.2 Å². The molecule has 0 fully saturated rings. The van der Waals surface area contributed by atoms with Crippen molar-refractivity contribution in [3.05, 3.63) is 51.3 Å². The van der Waals surface area contributed by atoms with Crippen LogP contribution in [0.4, 0.5) is 20.0 Å². The highest BCUT2D eigenvalue weighted by molar-refractivity contribution is 14.1. The van der Waals surface area contributed by atoms with Crippen molar-refractivity contribution in [2.24, 2.45) is 0 Å². The highest BCUT2D eigenvalue weighted by atomic mass is 127. The lowest BCUT2D eigenvalue weighted by Gasteiger charge is -2.07. The number of ether oxygens (including phenoxy) is 1. The van der Waals surface area contributed by atoms with E-state index in [9.17, 15) is 14.0 Å². The van der Waals surface area contributed by atoms with Crippen LogP contribution in [0.15, 0.2) is 36.4 Å². The molecule has 2 amide bonds. The molecule has 0 unspecified atom stereocenters. The monoisotopic (exact) mass is 485 g/mol. The normalized spacial score (nSPS) is 10.6. The number of halogens is 2. The van der Waals surface area contributed by atoms with E-state index in [0.717, 1.165) is 4.70 Å². The van der Waals surface area contributed by atoms with E-state index < -0.39 is 17.8 Å². The highest BCUT2D eigenvalue weighted by Gasteiger charge is 2.13. The third-order valence-corrected chi connectivity index (χ3v) is 5.18. The predicted molar refractivity (Wildman–Crippen MR) is 107 cm³/mol. The fourth-order valence-corrected chi connectivity index (χ4v) is 3.65. The Balaban J connectivity index is 1.79. The molecule has 2 aromatic carbocycles. The maximum absolute atomic E-state index is 13.4. The molecule has 0 radical (unpaired) electrons. The standard InChI is InChI=1S/C17H13FIN3O3S/c1-2-25-17(24)22-16-21-13-6-4-10(8-14(13)26-16)20-15(23)11-7-9(18)3-5-12(11)19/h3-8H,2H2,1H3,(H,20,23)(H,21,22,24). The van der Waals surface area contributed by atoms with Crippen LogP contribution in [0.25, 0.3) is 10.2 Å². The smallest absolute Gasteiger partial charge is 0.413 e. The van der Waals surface area contributed by atoms with E-state index in [4.69, 9.17) is 4.74 Å². The molecule has 3 rings (SSSR count). The molecule has 0 aliphatic carbocycles. The van der Waals surface area contributed by atoms with Gasteiger partial charge in [-0.15, -0.1) is 0 Å². The van der Waals surface area contributed by atoms with Gasteiger partial charge in [0.05, 0.1) is 22.4 Å². The summed E-state index contributed by atoms with van der Waals surface area (Å²) in [4.78, 5) is 28.1. The Kier molecular flexibility index (Phi) is 5.67. The average molecular weight is 485 g/mol. The Morgan fingerprint density at radius 1 is 1.23 bits per heavy atom. The number of rotatable bonds is 4. The zero-order chi connectivity index (χ0) is 18.7. The first-order valence-corrected chi connectivity index (χ1v) is 9.46. The first kappa shape index (κ1) is 18.5. The van der Waals surface area contributed by atoms with Gasteiger partial charge in [0.25, 0.3) is 5.91 Å². The van der Waals surface area contributed by atoms with Gasteiger partial charge < -0.3 is 10.1 Å². The summed E-state index contributed by atoms with van der Waals surface area (Å²) in [7, 11) is 0. The van der Waals surface area contributed by atoms with Gasteiger partial charge in [0.2, 0.25) is 0 Å². The van der Waals surface area contributed by atoms with Crippen LogP contribution in [-0.2, 0) is 4.74 Å². The van der Waals surface area contributed by atoms with Gasteiger partial charge in [-0.3, -0.25) is 10.1 Å². The fraction of sp³-hybridized carbons (Fsp3) is 0.118. The highest BCUT2D eigenvalue weighted by Crippen LogP contribution is 2.29. The van der Waals surface area contributed by atoms with Crippen LogP contribution in [0.1, 0.15) is 17.3 Å². The number of thiazole rings is 1. The summed E-state index contributed by atoms with van der Waals surface area (Å²) in [6.07, 6.45) is -0.569. The van der Waals surface area contributed by atoms with Crippen molar-refractivity contribution in [3.8, 4) is 0 Å². The van der Waals surface area contributed by atoms with Gasteiger partial charge >= 0.3 is 6.09 Å². The molecular formula is C17H13FIN3O3S. The maximum atomic E-state index is 13.4. The van der Waals surface area contributed by atoms with Gasteiger partial charge in [-0.2, -0.15) is 0 Å². The van der Waals surface area contributed by atoms with Crippen LogP contribution < -0.4 is 10.6 Å². The first-order chi connectivity index (χ1) is 12.5. The van der Waals surface area contributed by atoms with Crippen LogP contribution in [0.5, 0.6) is 0 Å². The second-order valence-corrected chi connectivity index (χ2v) is 7.32.